The Morgan fingerprint density at radius 1 is 1.35 bits per heavy atom. The molecular formula is C13H16N4O2S. The van der Waals surface area contributed by atoms with Crippen molar-refractivity contribution in [2.24, 2.45) is 0 Å². The Kier molecular flexibility index (Phi) is 5.72. The first kappa shape index (κ1) is 14.7. The number of ether oxygens (including phenoxy) is 1. The highest BCUT2D eigenvalue weighted by molar-refractivity contribution is 7.99. The van der Waals surface area contributed by atoms with E-state index < -0.39 is 0 Å². The zero-order valence-electron chi connectivity index (χ0n) is 11.1. The molecule has 0 unspecified atom stereocenters. The van der Waals surface area contributed by atoms with Crippen LogP contribution in [0.3, 0.4) is 0 Å². The van der Waals surface area contributed by atoms with Gasteiger partial charge in [0.1, 0.15) is 5.03 Å². The molecule has 7 heteroatoms. The first-order valence-electron chi connectivity index (χ1n) is 6.16. The van der Waals surface area contributed by atoms with Gasteiger partial charge in [-0.3, -0.25) is 4.79 Å². The van der Waals surface area contributed by atoms with Crippen molar-refractivity contribution in [3.8, 4) is 0 Å². The molecule has 0 aliphatic heterocycles. The van der Waals surface area contributed by atoms with Gasteiger partial charge in [0.2, 0.25) is 0 Å². The van der Waals surface area contributed by atoms with E-state index in [4.69, 9.17) is 4.74 Å². The topological polar surface area (TPSA) is 79.9 Å². The summed E-state index contributed by atoms with van der Waals surface area (Å²) in [6, 6.07) is 5.27. The standard InChI is InChI=1S/C13H16N4O2S/c1-19-8-7-14-9-10-3-2-5-15-12(10)20-13-16-6-4-11(18)17-13/h2-6,14H,7-9H2,1H3,(H,16,17,18). The van der Waals surface area contributed by atoms with Crippen molar-refractivity contribution in [3.63, 3.8) is 0 Å². The summed E-state index contributed by atoms with van der Waals surface area (Å²) in [5.41, 5.74) is 0.887. The second-order valence-electron chi connectivity index (χ2n) is 3.98. The predicted octanol–water partition coefficient (Wildman–Crippen LogP) is 1.05. The number of nitrogens with one attached hydrogen (secondary N) is 2. The molecule has 0 saturated carbocycles. The SMILES string of the molecule is COCCNCc1cccnc1Sc1nccc(=O)[nH]1. The molecule has 106 valence electrons. The van der Waals surface area contributed by atoms with Gasteiger partial charge in [-0.1, -0.05) is 6.07 Å². The lowest BCUT2D eigenvalue weighted by Gasteiger charge is -2.08. The van der Waals surface area contributed by atoms with Crippen molar-refractivity contribution < 1.29 is 4.74 Å². The first-order chi connectivity index (χ1) is 9.79. The largest absolute Gasteiger partial charge is 0.383 e. The minimum Gasteiger partial charge on any atom is -0.383 e. The van der Waals surface area contributed by atoms with Crippen molar-refractivity contribution in [2.75, 3.05) is 20.3 Å². The van der Waals surface area contributed by atoms with Gasteiger partial charge in [0.05, 0.1) is 6.61 Å². The Morgan fingerprint density at radius 2 is 2.25 bits per heavy atom. The van der Waals surface area contributed by atoms with Crippen molar-refractivity contribution in [1.82, 2.24) is 20.3 Å². The molecule has 0 atom stereocenters. The maximum absolute atomic E-state index is 11.3. The molecule has 0 aliphatic carbocycles. The molecule has 0 bridgehead atoms. The molecule has 0 fully saturated rings. The fourth-order valence-corrected chi connectivity index (χ4v) is 2.38. The number of hydrogen-bond donors (Lipinski definition) is 2. The lowest BCUT2D eigenvalue weighted by molar-refractivity contribution is 0.199. The van der Waals surface area contributed by atoms with Crippen LogP contribution in [0.1, 0.15) is 5.56 Å². The Hall–Kier alpha value is -1.70. The van der Waals surface area contributed by atoms with E-state index >= 15 is 0 Å². The van der Waals surface area contributed by atoms with E-state index in [-0.39, 0.29) is 5.56 Å². The maximum Gasteiger partial charge on any atom is 0.251 e. The average molecular weight is 292 g/mol. The fraction of sp³-hybridized carbons (Fsp3) is 0.308. The third kappa shape index (κ3) is 4.44. The van der Waals surface area contributed by atoms with Gasteiger partial charge in [0.25, 0.3) is 5.56 Å². The number of hydrogen-bond acceptors (Lipinski definition) is 6. The third-order valence-corrected chi connectivity index (χ3v) is 3.45. The smallest absolute Gasteiger partial charge is 0.251 e. The zero-order valence-corrected chi connectivity index (χ0v) is 11.9. The van der Waals surface area contributed by atoms with Crippen molar-refractivity contribution in [1.29, 1.82) is 0 Å². The summed E-state index contributed by atoms with van der Waals surface area (Å²) < 4.78 is 4.99. The number of H-pyrrole nitrogens is 1. The highest BCUT2D eigenvalue weighted by Crippen LogP contribution is 2.24. The molecular weight excluding hydrogens is 276 g/mol. The summed E-state index contributed by atoms with van der Waals surface area (Å²) in [7, 11) is 1.67. The van der Waals surface area contributed by atoms with Crippen molar-refractivity contribution >= 4 is 11.8 Å². The molecule has 20 heavy (non-hydrogen) atoms. The zero-order chi connectivity index (χ0) is 14.2. The molecule has 6 nitrogen and oxygen atoms in total. The monoisotopic (exact) mass is 292 g/mol. The quantitative estimate of drug-likeness (QED) is 0.586. The summed E-state index contributed by atoms with van der Waals surface area (Å²) in [5, 5.41) is 4.63. The van der Waals surface area contributed by atoms with Gasteiger partial charge in [0.15, 0.2) is 5.16 Å². The van der Waals surface area contributed by atoms with Crippen LogP contribution in [0, 0.1) is 0 Å². The van der Waals surface area contributed by atoms with Gasteiger partial charge in [0, 0.05) is 38.7 Å². The highest BCUT2D eigenvalue weighted by Gasteiger charge is 2.06. The molecule has 0 saturated heterocycles. The number of rotatable bonds is 7. The van der Waals surface area contributed by atoms with Crippen molar-refractivity contribution in [2.45, 2.75) is 16.7 Å². The van der Waals surface area contributed by atoms with Crippen LogP contribution < -0.4 is 10.9 Å². The number of nitrogens with zero attached hydrogens (tertiary/aromatic N) is 2. The summed E-state index contributed by atoms with van der Waals surface area (Å²) in [6.45, 7) is 2.13. The predicted molar refractivity (Wildman–Crippen MR) is 76.8 cm³/mol. The summed E-state index contributed by atoms with van der Waals surface area (Å²) in [5.74, 6) is 0. The van der Waals surface area contributed by atoms with E-state index in [1.54, 1.807) is 13.3 Å². The van der Waals surface area contributed by atoms with Gasteiger partial charge >= 0.3 is 0 Å². The van der Waals surface area contributed by atoms with E-state index in [0.29, 0.717) is 18.3 Å². The van der Waals surface area contributed by atoms with Crippen LogP contribution in [0.5, 0.6) is 0 Å². The van der Waals surface area contributed by atoms with Gasteiger partial charge in [-0.05, 0) is 23.4 Å². The number of aromatic amines is 1. The first-order valence-corrected chi connectivity index (χ1v) is 6.98. The van der Waals surface area contributed by atoms with Gasteiger partial charge in [-0.15, -0.1) is 0 Å². The Bertz CT molecular complexity index is 603. The number of aromatic nitrogens is 3. The molecule has 2 aromatic rings. The van der Waals surface area contributed by atoms with Crippen LogP contribution in [0.25, 0.3) is 0 Å². The van der Waals surface area contributed by atoms with E-state index in [1.807, 2.05) is 12.1 Å². The highest BCUT2D eigenvalue weighted by atomic mass is 32.2. The molecule has 0 radical (unpaired) electrons. The van der Waals surface area contributed by atoms with E-state index in [2.05, 4.69) is 20.3 Å². The third-order valence-electron chi connectivity index (χ3n) is 2.49. The van der Waals surface area contributed by atoms with Crippen LogP contribution in [-0.2, 0) is 11.3 Å². The van der Waals surface area contributed by atoms with Gasteiger partial charge in [-0.2, -0.15) is 0 Å². The minimum absolute atomic E-state index is 0.168. The number of pyridine rings is 1. The molecule has 2 heterocycles. The Labute approximate surface area is 121 Å². The second kappa shape index (κ2) is 7.78. The lowest BCUT2D eigenvalue weighted by Crippen LogP contribution is -2.19. The van der Waals surface area contributed by atoms with E-state index in [1.165, 1.54) is 24.0 Å². The van der Waals surface area contributed by atoms with Crippen LogP contribution in [0.15, 0.2) is 45.6 Å². The fourth-order valence-electron chi connectivity index (χ4n) is 1.54. The maximum atomic E-state index is 11.3. The molecule has 0 amide bonds. The van der Waals surface area contributed by atoms with Crippen LogP contribution >= 0.6 is 11.8 Å². The van der Waals surface area contributed by atoms with Crippen LogP contribution in [-0.4, -0.2) is 35.2 Å². The summed E-state index contributed by atoms with van der Waals surface area (Å²) in [6.07, 6.45) is 3.21. The summed E-state index contributed by atoms with van der Waals surface area (Å²) >= 11 is 1.34. The summed E-state index contributed by atoms with van der Waals surface area (Å²) in [4.78, 5) is 22.4. The van der Waals surface area contributed by atoms with Crippen LogP contribution in [0.2, 0.25) is 0 Å². The second-order valence-corrected chi connectivity index (χ2v) is 4.96. The van der Waals surface area contributed by atoms with Gasteiger partial charge in [-0.25, -0.2) is 9.97 Å². The average Bonchev–Trinajstić information content (AvgIpc) is 2.45. The molecule has 2 N–H and O–H groups in total. The van der Waals surface area contributed by atoms with E-state index in [9.17, 15) is 4.79 Å². The Balaban J connectivity index is 2.05. The lowest BCUT2D eigenvalue weighted by atomic mass is 10.3. The van der Waals surface area contributed by atoms with Crippen LogP contribution in [0.4, 0.5) is 0 Å². The van der Waals surface area contributed by atoms with Crippen molar-refractivity contribution in [3.05, 3.63) is 46.5 Å². The minimum atomic E-state index is -0.168. The molecule has 0 spiro atoms. The normalized spacial score (nSPS) is 10.7. The molecule has 0 aliphatic rings. The van der Waals surface area contributed by atoms with Gasteiger partial charge < -0.3 is 15.0 Å². The van der Waals surface area contributed by atoms with E-state index in [0.717, 1.165) is 17.1 Å². The Morgan fingerprint density at radius 3 is 3.05 bits per heavy atom. The number of methoxy groups -OCH3 is 1. The molecule has 2 rings (SSSR count). The molecule has 2 aromatic heterocycles. The molecule has 0 aromatic carbocycles.